The number of aromatic hydroxyl groups is 1. The molecule has 3 aromatic rings. The summed E-state index contributed by atoms with van der Waals surface area (Å²) in [5.41, 5.74) is 0.431. The number of fused-ring (bicyclic) bond motifs is 2. The quantitative estimate of drug-likeness (QED) is 0.784. The molecule has 2 aromatic carbocycles. The van der Waals surface area contributed by atoms with Gasteiger partial charge in [0.2, 0.25) is 23.7 Å². The van der Waals surface area contributed by atoms with Crippen LogP contribution >= 0.6 is 0 Å². The van der Waals surface area contributed by atoms with Crippen LogP contribution in [-0.2, 0) is 0 Å². The Kier molecular flexibility index (Phi) is 2.90. The molecule has 0 spiro atoms. The van der Waals surface area contributed by atoms with Crippen LogP contribution in [-0.4, -0.2) is 19.0 Å². The van der Waals surface area contributed by atoms with Crippen molar-refractivity contribution in [3.63, 3.8) is 0 Å². The van der Waals surface area contributed by atoms with Crippen molar-refractivity contribution < 1.29 is 23.7 Å². The first-order valence-corrected chi connectivity index (χ1v) is 6.92. The summed E-state index contributed by atoms with van der Waals surface area (Å²) in [4.78, 5) is 12.7. The van der Waals surface area contributed by atoms with Crippen molar-refractivity contribution in [3.05, 3.63) is 46.6 Å². The van der Waals surface area contributed by atoms with Gasteiger partial charge in [0.25, 0.3) is 0 Å². The zero-order valence-electron chi connectivity index (χ0n) is 12.2. The predicted octanol–water partition coefficient (Wildman–Crippen LogP) is 2.90. The standard InChI is InChI=1S/C17H12O6/c1-20-17-14(19)12-10(7-11-16(13(12)18)22-8-21-11)23-15(17)9-5-3-2-4-6-9/h2-7,18H,8H2,1H3. The van der Waals surface area contributed by atoms with Crippen LogP contribution in [0, 0.1) is 0 Å². The number of rotatable bonds is 2. The minimum absolute atomic E-state index is 0.00535. The largest absolute Gasteiger partial charge is 0.504 e. The number of hydrogen-bond donors (Lipinski definition) is 1. The Balaban J connectivity index is 2.11. The summed E-state index contributed by atoms with van der Waals surface area (Å²) in [6, 6.07) is 10.7. The van der Waals surface area contributed by atoms with Crippen molar-refractivity contribution in [1.29, 1.82) is 0 Å². The molecule has 0 saturated carbocycles. The highest BCUT2D eigenvalue weighted by Crippen LogP contribution is 2.46. The van der Waals surface area contributed by atoms with Crippen LogP contribution in [0.2, 0.25) is 0 Å². The zero-order chi connectivity index (χ0) is 16.0. The summed E-state index contributed by atoms with van der Waals surface area (Å²) >= 11 is 0. The number of methoxy groups -OCH3 is 1. The monoisotopic (exact) mass is 312 g/mol. The molecular formula is C17H12O6. The van der Waals surface area contributed by atoms with Gasteiger partial charge in [-0.2, -0.15) is 0 Å². The highest BCUT2D eigenvalue weighted by atomic mass is 16.7. The van der Waals surface area contributed by atoms with Crippen LogP contribution in [0.4, 0.5) is 0 Å². The van der Waals surface area contributed by atoms with Gasteiger partial charge in [-0.05, 0) is 0 Å². The zero-order valence-corrected chi connectivity index (χ0v) is 12.2. The third kappa shape index (κ3) is 1.92. The normalized spacial score (nSPS) is 12.6. The molecule has 0 aliphatic carbocycles. The second-order valence-corrected chi connectivity index (χ2v) is 4.99. The fourth-order valence-corrected chi connectivity index (χ4v) is 2.64. The Morgan fingerprint density at radius 2 is 1.96 bits per heavy atom. The van der Waals surface area contributed by atoms with E-state index in [2.05, 4.69) is 0 Å². The van der Waals surface area contributed by atoms with Crippen LogP contribution in [0.3, 0.4) is 0 Å². The second-order valence-electron chi connectivity index (χ2n) is 4.99. The summed E-state index contributed by atoms with van der Waals surface area (Å²) in [5, 5.41) is 10.3. The lowest BCUT2D eigenvalue weighted by Gasteiger charge is -2.10. The van der Waals surface area contributed by atoms with Gasteiger partial charge in [0.15, 0.2) is 17.3 Å². The minimum atomic E-state index is -0.469. The van der Waals surface area contributed by atoms with Crippen LogP contribution in [0.15, 0.2) is 45.6 Å². The number of ether oxygens (including phenoxy) is 3. The average Bonchev–Trinajstić information content (AvgIpc) is 3.04. The third-order valence-corrected chi connectivity index (χ3v) is 3.69. The lowest BCUT2D eigenvalue weighted by molar-refractivity contribution is 0.171. The number of hydrogen-bond acceptors (Lipinski definition) is 6. The van der Waals surface area contributed by atoms with E-state index in [1.807, 2.05) is 18.2 Å². The molecule has 4 rings (SSSR count). The molecule has 0 fully saturated rings. The average molecular weight is 312 g/mol. The van der Waals surface area contributed by atoms with Crippen LogP contribution < -0.4 is 19.6 Å². The molecule has 1 aliphatic heterocycles. The Morgan fingerprint density at radius 3 is 2.70 bits per heavy atom. The SMILES string of the molecule is COc1c(-c2ccccc2)oc2cc3c(c(O)c2c1=O)OCO3. The summed E-state index contributed by atoms with van der Waals surface area (Å²) in [6.45, 7) is -0.0178. The summed E-state index contributed by atoms with van der Waals surface area (Å²) in [5.74, 6) is 0.491. The molecule has 23 heavy (non-hydrogen) atoms. The third-order valence-electron chi connectivity index (χ3n) is 3.69. The van der Waals surface area contributed by atoms with Gasteiger partial charge in [0.1, 0.15) is 11.0 Å². The van der Waals surface area contributed by atoms with Crippen LogP contribution in [0.1, 0.15) is 0 Å². The first kappa shape index (κ1) is 13.5. The lowest BCUT2D eigenvalue weighted by atomic mass is 10.1. The molecule has 116 valence electrons. The van der Waals surface area contributed by atoms with Gasteiger partial charge >= 0.3 is 0 Å². The summed E-state index contributed by atoms with van der Waals surface area (Å²) < 4.78 is 21.5. The molecule has 0 saturated heterocycles. The van der Waals surface area contributed by atoms with Crippen molar-refractivity contribution >= 4 is 11.0 Å². The van der Waals surface area contributed by atoms with Crippen LogP contribution in [0.25, 0.3) is 22.3 Å². The molecule has 1 aromatic heterocycles. The smallest absolute Gasteiger partial charge is 0.239 e. The predicted molar refractivity (Wildman–Crippen MR) is 82.3 cm³/mol. The van der Waals surface area contributed by atoms with Crippen molar-refractivity contribution in [3.8, 4) is 34.3 Å². The minimum Gasteiger partial charge on any atom is -0.504 e. The first-order chi connectivity index (χ1) is 11.2. The van der Waals surface area contributed by atoms with Gasteiger partial charge in [-0.1, -0.05) is 30.3 Å². The fourth-order valence-electron chi connectivity index (χ4n) is 2.64. The molecule has 1 N–H and O–H groups in total. The van der Waals surface area contributed by atoms with Gasteiger partial charge in [-0.15, -0.1) is 0 Å². The molecule has 2 heterocycles. The van der Waals surface area contributed by atoms with Crippen molar-refractivity contribution in [1.82, 2.24) is 0 Å². The van der Waals surface area contributed by atoms with Gasteiger partial charge in [0.05, 0.1) is 7.11 Å². The van der Waals surface area contributed by atoms with E-state index in [9.17, 15) is 9.90 Å². The van der Waals surface area contributed by atoms with Crippen LogP contribution in [0.5, 0.6) is 23.0 Å². The molecule has 0 amide bonds. The summed E-state index contributed by atoms with van der Waals surface area (Å²) in [7, 11) is 1.38. The molecule has 0 bridgehead atoms. The maximum Gasteiger partial charge on any atom is 0.239 e. The Morgan fingerprint density at radius 1 is 1.17 bits per heavy atom. The highest BCUT2D eigenvalue weighted by molar-refractivity contribution is 5.91. The van der Waals surface area contributed by atoms with E-state index in [1.165, 1.54) is 13.2 Å². The fraction of sp³-hybridized carbons (Fsp3) is 0.118. The molecule has 0 radical (unpaired) electrons. The summed E-state index contributed by atoms with van der Waals surface area (Å²) in [6.07, 6.45) is 0. The van der Waals surface area contributed by atoms with Gasteiger partial charge in [-0.3, -0.25) is 4.79 Å². The van der Waals surface area contributed by atoms with Crippen molar-refractivity contribution in [2.75, 3.05) is 13.9 Å². The Bertz CT molecular complexity index is 958. The van der Waals surface area contributed by atoms with E-state index in [-0.39, 0.29) is 35.0 Å². The van der Waals surface area contributed by atoms with E-state index in [0.717, 1.165) is 0 Å². The molecular weight excluding hydrogens is 300 g/mol. The van der Waals surface area contributed by atoms with Gasteiger partial charge in [-0.25, -0.2) is 0 Å². The van der Waals surface area contributed by atoms with E-state index >= 15 is 0 Å². The maximum atomic E-state index is 12.7. The topological polar surface area (TPSA) is 78.1 Å². The number of benzene rings is 2. The van der Waals surface area contributed by atoms with Gasteiger partial charge in [0, 0.05) is 11.6 Å². The lowest BCUT2D eigenvalue weighted by Crippen LogP contribution is -2.08. The van der Waals surface area contributed by atoms with Gasteiger partial charge < -0.3 is 23.7 Å². The number of phenolic OH excluding ortho intramolecular Hbond substituents is 1. The van der Waals surface area contributed by atoms with E-state index in [4.69, 9.17) is 18.6 Å². The molecule has 1 aliphatic rings. The molecule has 0 unspecified atom stereocenters. The van der Waals surface area contributed by atoms with Crippen molar-refractivity contribution in [2.45, 2.75) is 0 Å². The van der Waals surface area contributed by atoms with E-state index in [1.54, 1.807) is 12.1 Å². The Labute approximate surface area is 130 Å². The second kappa shape index (κ2) is 4.95. The molecule has 6 nitrogen and oxygen atoms in total. The molecule has 0 atom stereocenters. The van der Waals surface area contributed by atoms with E-state index in [0.29, 0.717) is 17.1 Å². The first-order valence-electron chi connectivity index (χ1n) is 6.92. The Hall–Kier alpha value is -3.15. The number of phenols is 1. The van der Waals surface area contributed by atoms with Crippen molar-refractivity contribution in [2.24, 2.45) is 0 Å². The highest BCUT2D eigenvalue weighted by Gasteiger charge is 2.26. The maximum absolute atomic E-state index is 12.7. The molecule has 6 heteroatoms. The van der Waals surface area contributed by atoms with E-state index < -0.39 is 5.43 Å².